The van der Waals surface area contributed by atoms with E-state index in [-0.39, 0.29) is 11.5 Å². The van der Waals surface area contributed by atoms with Gasteiger partial charge in [-0.25, -0.2) is 0 Å². The molecule has 126 valence electrons. The SMILES string of the molecule is Cn1cc(C(=O)NC[C@@H]2C[C@H]2c2ccccc2)c2ccccc2c1=O. The van der Waals surface area contributed by atoms with Crippen molar-refractivity contribution >= 4 is 16.7 Å². The van der Waals surface area contributed by atoms with Gasteiger partial charge in [-0.3, -0.25) is 9.59 Å². The molecule has 1 aliphatic carbocycles. The molecule has 2 aromatic carbocycles. The zero-order chi connectivity index (χ0) is 17.4. The summed E-state index contributed by atoms with van der Waals surface area (Å²) < 4.78 is 1.47. The Morgan fingerprint density at radius 3 is 2.52 bits per heavy atom. The average Bonchev–Trinajstić information content (AvgIpc) is 3.43. The molecular weight excluding hydrogens is 312 g/mol. The number of aryl methyl sites for hydroxylation is 1. The molecule has 0 spiro atoms. The number of carbonyl (C=O) groups excluding carboxylic acids is 1. The van der Waals surface area contributed by atoms with Gasteiger partial charge in [0.1, 0.15) is 0 Å². The maximum Gasteiger partial charge on any atom is 0.258 e. The molecule has 1 aliphatic rings. The summed E-state index contributed by atoms with van der Waals surface area (Å²) in [6.45, 7) is 0.662. The van der Waals surface area contributed by atoms with Gasteiger partial charge in [-0.2, -0.15) is 0 Å². The van der Waals surface area contributed by atoms with Crippen molar-refractivity contribution in [2.45, 2.75) is 12.3 Å². The minimum atomic E-state index is -0.120. The fraction of sp³-hybridized carbons (Fsp3) is 0.238. The number of pyridine rings is 1. The van der Waals surface area contributed by atoms with Gasteiger partial charge in [0.15, 0.2) is 0 Å². The zero-order valence-corrected chi connectivity index (χ0v) is 14.1. The van der Waals surface area contributed by atoms with Crippen LogP contribution in [0.4, 0.5) is 0 Å². The monoisotopic (exact) mass is 332 g/mol. The standard InChI is InChI=1S/C21H20N2O2/c1-23-13-19(16-9-5-6-10-17(16)21(23)25)20(24)22-12-15-11-18(15)14-7-3-2-4-8-14/h2-10,13,15,18H,11-12H2,1H3,(H,22,24)/t15-,18-/m0/s1. The van der Waals surface area contributed by atoms with E-state index in [2.05, 4.69) is 29.6 Å². The summed E-state index contributed by atoms with van der Waals surface area (Å²) in [5.74, 6) is 0.911. The van der Waals surface area contributed by atoms with Gasteiger partial charge in [-0.05, 0) is 29.9 Å². The van der Waals surface area contributed by atoms with E-state index in [1.165, 1.54) is 10.1 Å². The van der Waals surface area contributed by atoms with Crippen molar-refractivity contribution in [1.82, 2.24) is 9.88 Å². The van der Waals surface area contributed by atoms with E-state index < -0.39 is 0 Å². The summed E-state index contributed by atoms with van der Waals surface area (Å²) in [7, 11) is 1.68. The molecule has 2 atom stereocenters. The number of benzene rings is 2. The highest BCUT2D eigenvalue weighted by Crippen LogP contribution is 2.46. The molecule has 1 fully saturated rings. The maximum absolute atomic E-state index is 12.7. The van der Waals surface area contributed by atoms with Crippen molar-refractivity contribution in [3.63, 3.8) is 0 Å². The first-order valence-electron chi connectivity index (χ1n) is 8.56. The number of fused-ring (bicyclic) bond motifs is 1. The van der Waals surface area contributed by atoms with Gasteiger partial charge in [0.2, 0.25) is 0 Å². The van der Waals surface area contributed by atoms with Gasteiger partial charge in [-0.15, -0.1) is 0 Å². The molecule has 0 unspecified atom stereocenters. The highest BCUT2D eigenvalue weighted by molar-refractivity contribution is 6.06. The summed E-state index contributed by atoms with van der Waals surface area (Å²) in [6, 6.07) is 17.7. The van der Waals surface area contributed by atoms with Gasteiger partial charge in [0.25, 0.3) is 11.5 Å². The number of hydrogen-bond acceptors (Lipinski definition) is 2. The van der Waals surface area contributed by atoms with Gasteiger partial charge in [0.05, 0.1) is 5.56 Å². The van der Waals surface area contributed by atoms with E-state index in [1.54, 1.807) is 19.3 Å². The van der Waals surface area contributed by atoms with E-state index in [0.29, 0.717) is 34.7 Å². The molecule has 1 saturated carbocycles. The van der Waals surface area contributed by atoms with Crippen LogP contribution >= 0.6 is 0 Å². The summed E-state index contributed by atoms with van der Waals surface area (Å²) in [6.07, 6.45) is 2.74. The normalized spacial score (nSPS) is 18.9. The Morgan fingerprint density at radius 2 is 1.76 bits per heavy atom. The number of amides is 1. The predicted molar refractivity (Wildman–Crippen MR) is 98.8 cm³/mol. The van der Waals surface area contributed by atoms with Crippen LogP contribution in [0.15, 0.2) is 65.6 Å². The molecule has 1 amide bonds. The fourth-order valence-electron chi connectivity index (χ4n) is 3.50. The lowest BCUT2D eigenvalue weighted by molar-refractivity contribution is 0.0952. The Labute approximate surface area is 146 Å². The van der Waals surface area contributed by atoms with Crippen LogP contribution in [0.3, 0.4) is 0 Å². The topological polar surface area (TPSA) is 51.1 Å². The Balaban J connectivity index is 1.50. The van der Waals surface area contributed by atoms with E-state index in [9.17, 15) is 9.59 Å². The number of carbonyl (C=O) groups is 1. The van der Waals surface area contributed by atoms with Crippen molar-refractivity contribution in [3.05, 3.63) is 82.3 Å². The third-order valence-electron chi connectivity index (χ3n) is 5.01. The van der Waals surface area contributed by atoms with Gasteiger partial charge >= 0.3 is 0 Å². The molecule has 1 N–H and O–H groups in total. The molecule has 3 aromatic rings. The summed E-state index contributed by atoms with van der Waals surface area (Å²) in [5, 5.41) is 4.33. The van der Waals surface area contributed by atoms with Crippen LogP contribution in [0.5, 0.6) is 0 Å². The smallest absolute Gasteiger partial charge is 0.258 e. The number of nitrogens with one attached hydrogen (secondary N) is 1. The predicted octanol–water partition coefficient (Wildman–Crippen LogP) is 3.07. The first-order chi connectivity index (χ1) is 12.1. The van der Waals surface area contributed by atoms with Crippen molar-refractivity contribution in [2.24, 2.45) is 13.0 Å². The van der Waals surface area contributed by atoms with E-state index >= 15 is 0 Å². The maximum atomic E-state index is 12.7. The number of rotatable bonds is 4. The third kappa shape index (κ3) is 2.95. The Morgan fingerprint density at radius 1 is 1.08 bits per heavy atom. The Kier molecular flexibility index (Phi) is 3.88. The molecule has 0 saturated heterocycles. The Bertz CT molecular complexity index is 992. The molecule has 4 nitrogen and oxygen atoms in total. The molecule has 0 bridgehead atoms. The summed E-state index contributed by atoms with van der Waals surface area (Å²) in [5.41, 5.74) is 1.81. The molecule has 1 heterocycles. The summed E-state index contributed by atoms with van der Waals surface area (Å²) >= 11 is 0. The van der Waals surface area contributed by atoms with Crippen molar-refractivity contribution in [3.8, 4) is 0 Å². The van der Waals surface area contributed by atoms with E-state index in [4.69, 9.17) is 0 Å². The Hall–Kier alpha value is -2.88. The lowest BCUT2D eigenvalue weighted by Gasteiger charge is -2.10. The van der Waals surface area contributed by atoms with Crippen LogP contribution in [0.1, 0.15) is 28.3 Å². The van der Waals surface area contributed by atoms with Crippen molar-refractivity contribution in [1.29, 1.82) is 0 Å². The van der Waals surface area contributed by atoms with Crippen LogP contribution in [0, 0.1) is 5.92 Å². The highest BCUT2D eigenvalue weighted by atomic mass is 16.2. The number of hydrogen-bond donors (Lipinski definition) is 1. The van der Waals surface area contributed by atoms with Gasteiger partial charge in [-0.1, -0.05) is 48.5 Å². The van der Waals surface area contributed by atoms with Crippen LogP contribution < -0.4 is 10.9 Å². The first-order valence-corrected chi connectivity index (χ1v) is 8.56. The van der Waals surface area contributed by atoms with Gasteiger partial charge < -0.3 is 9.88 Å². The fourth-order valence-corrected chi connectivity index (χ4v) is 3.50. The van der Waals surface area contributed by atoms with E-state index in [1.807, 2.05) is 24.3 Å². The zero-order valence-electron chi connectivity index (χ0n) is 14.1. The minimum Gasteiger partial charge on any atom is -0.352 e. The quantitative estimate of drug-likeness (QED) is 0.798. The largest absolute Gasteiger partial charge is 0.352 e. The molecule has 1 aromatic heterocycles. The molecule has 0 aliphatic heterocycles. The van der Waals surface area contributed by atoms with Gasteiger partial charge in [0, 0.05) is 30.6 Å². The molecule has 0 radical (unpaired) electrons. The third-order valence-corrected chi connectivity index (χ3v) is 5.01. The highest BCUT2D eigenvalue weighted by Gasteiger charge is 2.38. The van der Waals surface area contributed by atoms with Crippen molar-refractivity contribution in [2.75, 3.05) is 6.54 Å². The second-order valence-corrected chi connectivity index (χ2v) is 6.73. The number of aromatic nitrogens is 1. The van der Waals surface area contributed by atoms with Crippen molar-refractivity contribution < 1.29 is 4.79 Å². The van der Waals surface area contributed by atoms with Crippen LogP contribution in [-0.2, 0) is 7.05 Å². The lowest BCUT2D eigenvalue weighted by atomic mass is 10.1. The lowest BCUT2D eigenvalue weighted by Crippen LogP contribution is -2.28. The van der Waals surface area contributed by atoms with Crippen LogP contribution in [0.25, 0.3) is 10.8 Å². The van der Waals surface area contributed by atoms with Crippen LogP contribution in [-0.4, -0.2) is 17.0 Å². The second kappa shape index (κ2) is 6.20. The van der Waals surface area contributed by atoms with Crippen LogP contribution in [0.2, 0.25) is 0 Å². The minimum absolute atomic E-state index is 0.0847. The molecule has 4 heteroatoms. The molecule has 25 heavy (non-hydrogen) atoms. The van der Waals surface area contributed by atoms with E-state index in [0.717, 1.165) is 6.42 Å². The summed E-state index contributed by atoms with van der Waals surface area (Å²) in [4.78, 5) is 24.9. The molecule has 4 rings (SSSR count). The first kappa shape index (κ1) is 15.6. The molecular formula is C21H20N2O2. The second-order valence-electron chi connectivity index (χ2n) is 6.73. The number of nitrogens with zero attached hydrogens (tertiary/aromatic N) is 1. The average molecular weight is 332 g/mol.